The van der Waals surface area contributed by atoms with Gasteiger partial charge in [0.2, 0.25) is 0 Å². The lowest BCUT2D eigenvalue weighted by Gasteiger charge is -2.28. The topological polar surface area (TPSA) is 61.8 Å². The first-order valence-electron chi connectivity index (χ1n) is 9.88. The fourth-order valence-electron chi connectivity index (χ4n) is 4.95. The number of anilines is 1. The van der Waals surface area contributed by atoms with E-state index in [1.807, 2.05) is 48.2 Å². The van der Waals surface area contributed by atoms with E-state index in [1.54, 1.807) is 7.11 Å². The van der Waals surface area contributed by atoms with E-state index in [0.29, 0.717) is 49.2 Å². The number of ether oxygens (including phenoxy) is 1. The third-order valence-corrected chi connectivity index (χ3v) is 6.31. The highest BCUT2D eigenvalue weighted by Gasteiger charge is 2.50. The van der Waals surface area contributed by atoms with E-state index >= 15 is 0 Å². The summed E-state index contributed by atoms with van der Waals surface area (Å²) in [4.78, 5) is 14.7. The monoisotopic (exact) mass is 380 g/mol. The first kappa shape index (κ1) is 18.8. The van der Waals surface area contributed by atoms with Crippen LogP contribution in [0.3, 0.4) is 0 Å². The summed E-state index contributed by atoms with van der Waals surface area (Å²) in [5, 5.41) is 14.3. The molecule has 2 amide bonds. The molecule has 0 unspecified atom stereocenters. The molecule has 0 bridgehead atoms. The van der Waals surface area contributed by atoms with Crippen molar-refractivity contribution >= 4 is 11.7 Å². The van der Waals surface area contributed by atoms with E-state index in [9.17, 15) is 9.90 Å². The van der Waals surface area contributed by atoms with Gasteiger partial charge in [-0.15, -0.1) is 0 Å². The molecule has 1 heterocycles. The van der Waals surface area contributed by atoms with Crippen LogP contribution in [0.15, 0.2) is 42.5 Å². The van der Waals surface area contributed by atoms with Crippen LogP contribution in [0.25, 0.3) is 0 Å². The lowest BCUT2D eigenvalue weighted by molar-refractivity contribution is 0.0322. The SMILES string of the molecule is COc1ccc(C)cc1NC(=O)N1C[C@@H]2C[C@@](O)(c3ccccc3C)C[C@@H]2C1. The number of benzene rings is 2. The molecule has 5 heteroatoms. The van der Waals surface area contributed by atoms with E-state index in [1.165, 1.54) is 0 Å². The zero-order valence-corrected chi connectivity index (χ0v) is 16.7. The van der Waals surface area contributed by atoms with Gasteiger partial charge in [0.25, 0.3) is 0 Å². The Hall–Kier alpha value is -2.53. The predicted octanol–water partition coefficient (Wildman–Crippen LogP) is 4.07. The van der Waals surface area contributed by atoms with Crippen molar-refractivity contribution in [3.63, 3.8) is 0 Å². The van der Waals surface area contributed by atoms with Gasteiger partial charge >= 0.3 is 6.03 Å². The van der Waals surface area contributed by atoms with E-state index in [0.717, 1.165) is 16.7 Å². The normalized spacial score (nSPS) is 26.2. The molecular weight excluding hydrogens is 352 g/mol. The van der Waals surface area contributed by atoms with Gasteiger partial charge in [0.15, 0.2) is 0 Å². The number of hydrogen-bond donors (Lipinski definition) is 2. The van der Waals surface area contributed by atoms with Gasteiger partial charge in [-0.3, -0.25) is 0 Å². The fraction of sp³-hybridized carbons (Fsp3) is 0.435. The number of nitrogens with zero attached hydrogens (tertiary/aromatic N) is 1. The Morgan fingerprint density at radius 3 is 2.46 bits per heavy atom. The number of aryl methyl sites for hydroxylation is 2. The van der Waals surface area contributed by atoms with Crippen LogP contribution in [0.2, 0.25) is 0 Å². The molecule has 2 aromatic carbocycles. The first-order valence-corrected chi connectivity index (χ1v) is 9.88. The van der Waals surface area contributed by atoms with Crippen LogP contribution >= 0.6 is 0 Å². The molecule has 0 radical (unpaired) electrons. The Morgan fingerprint density at radius 1 is 1.14 bits per heavy atom. The Morgan fingerprint density at radius 2 is 1.82 bits per heavy atom. The number of rotatable bonds is 3. The highest BCUT2D eigenvalue weighted by atomic mass is 16.5. The van der Waals surface area contributed by atoms with Crippen LogP contribution in [-0.4, -0.2) is 36.2 Å². The van der Waals surface area contributed by atoms with Gasteiger partial charge in [-0.2, -0.15) is 0 Å². The third kappa shape index (κ3) is 3.35. The van der Waals surface area contributed by atoms with Gasteiger partial charge in [-0.05, 0) is 67.3 Å². The van der Waals surface area contributed by atoms with E-state index in [4.69, 9.17) is 4.74 Å². The summed E-state index contributed by atoms with van der Waals surface area (Å²) < 4.78 is 5.36. The summed E-state index contributed by atoms with van der Waals surface area (Å²) in [6.45, 7) is 5.40. The van der Waals surface area contributed by atoms with Crippen molar-refractivity contribution in [1.29, 1.82) is 0 Å². The molecule has 3 atom stereocenters. The van der Waals surface area contributed by atoms with E-state index in [-0.39, 0.29) is 6.03 Å². The van der Waals surface area contributed by atoms with Crippen molar-refractivity contribution in [2.45, 2.75) is 32.3 Å². The number of carbonyl (C=O) groups is 1. The maximum Gasteiger partial charge on any atom is 0.321 e. The maximum absolute atomic E-state index is 12.8. The van der Waals surface area contributed by atoms with Gasteiger partial charge in [0.05, 0.1) is 18.4 Å². The number of nitrogens with one attached hydrogen (secondary N) is 1. The van der Waals surface area contributed by atoms with Gasteiger partial charge in [-0.1, -0.05) is 30.3 Å². The number of fused-ring (bicyclic) bond motifs is 1. The minimum atomic E-state index is -0.775. The molecule has 0 spiro atoms. The molecule has 148 valence electrons. The van der Waals surface area contributed by atoms with Crippen molar-refractivity contribution in [2.24, 2.45) is 11.8 Å². The standard InChI is InChI=1S/C23H28N2O3/c1-15-8-9-21(28-3)20(10-15)24-22(26)25-13-17-11-23(27,12-18(17)14-25)19-7-5-4-6-16(19)2/h4-10,17-18,27H,11-14H2,1-3H3,(H,24,26)/t17-,18+,23-. The van der Waals surface area contributed by atoms with Crippen LogP contribution in [0.1, 0.15) is 29.5 Å². The minimum Gasteiger partial charge on any atom is -0.495 e. The van der Waals surface area contributed by atoms with Crippen molar-refractivity contribution < 1.29 is 14.6 Å². The molecular formula is C23H28N2O3. The number of urea groups is 1. The van der Waals surface area contributed by atoms with Crippen LogP contribution in [0.4, 0.5) is 10.5 Å². The zero-order valence-electron chi connectivity index (χ0n) is 16.7. The predicted molar refractivity (Wildman–Crippen MR) is 110 cm³/mol. The lowest BCUT2D eigenvalue weighted by Crippen LogP contribution is -2.35. The Bertz CT molecular complexity index is 881. The molecule has 2 aromatic rings. The first-order chi connectivity index (χ1) is 13.4. The van der Waals surface area contributed by atoms with Crippen LogP contribution in [0, 0.1) is 25.7 Å². The van der Waals surface area contributed by atoms with Crippen molar-refractivity contribution in [1.82, 2.24) is 4.90 Å². The molecule has 2 fully saturated rings. The van der Waals surface area contributed by atoms with Crippen molar-refractivity contribution in [3.8, 4) is 5.75 Å². The van der Waals surface area contributed by atoms with E-state index < -0.39 is 5.60 Å². The molecule has 4 rings (SSSR count). The van der Waals surface area contributed by atoms with E-state index in [2.05, 4.69) is 18.3 Å². The Labute approximate surface area is 166 Å². The van der Waals surface area contributed by atoms with Crippen LogP contribution in [0.5, 0.6) is 5.75 Å². The molecule has 5 nitrogen and oxygen atoms in total. The highest BCUT2D eigenvalue weighted by Crippen LogP contribution is 2.49. The van der Waals surface area contributed by atoms with Gasteiger partial charge in [0, 0.05) is 13.1 Å². The molecule has 28 heavy (non-hydrogen) atoms. The fourth-order valence-corrected chi connectivity index (χ4v) is 4.95. The second-order valence-corrected chi connectivity index (χ2v) is 8.31. The summed E-state index contributed by atoms with van der Waals surface area (Å²) in [6, 6.07) is 13.7. The molecule has 1 saturated carbocycles. The molecule has 2 N–H and O–H groups in total. The molecule has 2 aliphatic rings. The zero-order chi connectivity index (χ0) is 19.9. The summed E-state index contributed by atoms with van der Waals surface area (Å²) in [7, 11) is 1.60. The van der Waals surface area contributed by atoms with Crippen molar-refractivity contribution in [3.05, 3.63) is 59.2 Å². The minimum absolute atomic E-state index is 0.0993. The second-order valence-electron chi connectivity index (χ2n) is 8.31. The maximum atomic E-state index is 12.8. The molecule has 0 aromatic heterocycles. The Balaban J connectivity index is 1.43. The number of aliphatic hydroxyl groups is 1. The second kappa shape index (κ2) is 7.13. The number of amides is 2. The Kier molecular flexibility index (Phi) is 4.79. The lowest BCUT2D eigenvalue weighted by atomic mass is 9.87. The van der Waals surface area contributed by atoms with Gasteiger partial charge in [-0.25, -0.2) is 4.79 Å². The van der Waals surface area contributed by atoms with Crippen LogP contribution in [-0.2, 0) is 5.60 Å². The summed E-state index contributed by atoms with van der Waals surface area (Å²) >= 11 is 0. The number of likely N-dealkylation sites (tertiary alicyclic amines) is 1. The third-order valence-electron chi connectivity index (χ3n) is 6.31. The molecule has 1 saturated heterocycles. The van der Waals surface area contributed by atoms with Crippen LogP contribution < -0.4 is 10.1 Å². The number of carbonyl (C=O) groups excluding carboxylic acids is 1. The average molecular weight is 380 g/mol. The summed E-state index contributed by atoms with van der Waals surface area (Å²) in [5.74, 6) is 1.32. The van der Waals surface area contributed by atoms with Crippen molar-refractivity contribution in [2.75, 3.05) is 25.5 Å². The molecule has 1 aliphatic heterocycles. The van der Waals surface area contributed by atoms with Gasteiger partial charge in [0.1, 0.15) is 5.75 Å². The number of hydrogen-bond acceptors (Lipinski definition) is 3. The smallest absolute Gasteiger partial charge is 0.321 e. The quantitative estimate of drug-likeness (QED) is 0.844. The summed E-state index contributed by atoms with van der Waals surface area (Å²) in [6.07, 6.45) is 1.42. The largest absolute Gasteiger partial charge is 0.495 e. The summed E-state index contributed by atoms with van der Waals surface area (Å²) in [5.41, 5.74) is 3.15. The average Bonchev–Trinajstić information content (AvgIpc) is 3.18. The van der Waals surface area contributed by atoms with Gasteiger partial charge < -0.3 is 20.1 Å². The molecule has 1 aliphatic carbocycles. The number of methoxy groups -OCH3 is 1. The highest BCUT2D eigenvalue weighted by molar-refractivity contribution is 5.91.